The van der Waals surface area contributed by atoms with Crippen LogP contribution >= 0.6 is 23.2 Å². The van der Waals surface area contributed by atoms with E-state index >= 15 is 0 Å². The van der Waals surface area contributed by atoms with E-state index in [-0.39, 0.29) is 6.04 Å². The minimum absolute atomic E-state index is 0.129. The van der Waals surface area contributed by atoms with Crippen molar-refractivity contribution in [2.45, 2.75) is 12.5 Å². The maximum Gasteiger partial charge on any atom is 0.0453 e. The molecule has 0 aliphatic rings. The van der Waals surface area contributed by atoms with Crippen molar-refractivity contribution >= 4 is 23.2 Å². The molecule has 0 radical (unpaired) electrons. The minimum Gasteiger partial charge on any atom is -0.324 e. The van der Waals surface area contributed by atoms with E-state index in [2.05, 4.69) is 4.98 Å². The monoisotopic (exact) mass is 266 g/mol. The lowest BCUT2D eigenvalue weighted by atomic mass is 10.0. The van der Waals surface area contributed by atoms with Gasteiger partial charge in [0.1, 0.15) is 0 Å². The van der Waals surface area contributed by atoms with E-state index in [0.717, 1.165) is 11.1 Å². The average Bonchev–Trinajstić information content (AvgIpc) is 2.35. The zero-order valence-corrected chi connectivity index (χ0v) is 10.6. The van der Waals surface area contributed by atoms with Crippen molar-refractivity contribution in [3.8, 4) is 0 Å². The summed E-state index contributed by atoms with van der Waals surface area (Å²) in [6, 6.07) is 9.14. The predicted octanol–water partition coefficient (Wildman–Crippen LogP) is 3.63. The number of halogens is 2. The molecule has 0 fully saturated rings. The molecule has 0 aliphatic heterocycles. The summed E-state index contributed by atoms with van der Waals surface area (Å²) in [5.74, 6) is 0. The molecule has 1 aromatic carbocycles. The number of nitrogens with two attached hydrogens (primary N) is 1. The van der Waals surface area contributed by atoms with Crippen LogP contribution in [0, 0.1) is 0 Å². The summed E-state index contributed by atoms with van der Waals surface area (Å²) in [4.78, 5) is 3.96. The second-order valence-corrected chi connectivity index (χ2v) is 4.61. The SMILES string of the molecule is NC(Cc1c(Cl)cccc1Cl)c1ccncc1. The Hall–Kier alpha value is -1.09. The zero-order valence-electron chi connectivity index (χ0n) is 9.11. The highest BCUT2D eigenvalue weighted by atomic mass is 35.5. The summed E-state index contributed by atoms with van der Waals surface area (Å²) < 4.78 is 0. The van der Waals surface area contributed by atoms with Gasteiger partial charge >= 0.3 is 0 Å². The van der Waals surface area contributed by atoms with Crippen molar-refractivity contribution < 1.29 is 0 Å². The third-order valence-electron chi connectivity index (χ3n) is 2.62. The molecule has 0 aliphatic carbocycles. The highest BCUT2D eigenvalue weighted by Gasteiger charge is 2.12. The van der Waals surface area contributed by atoms with E-state index in [4.69, 9.17) is 28.9 Å². The first-order chi connectivity index (χ1) is 8.18. The number of hydrogen-bond donors (Lipinski definition) is 1. The molecule has 0 saturated heterocycles. The predicted molar refractivity (Wildman–Crippen MR) is 71.3 cm³/mol. The van der Waals surface area contributed by atoms with Crippen molar-refractivity contribution in [3.63, 3.8) is 0 Å². The van der Waals surface area contributed by atoms with Crippen LogP contribution < -0.4 is 5.73 Å². The summed E-state index contributed by atoms with van der Waals surface area (Å²) in [5.41, 5.74) is 8.03. The quantitative estimate of drug-likeness (QED) is 0.922. The van der Waals surface area contributed by atoms with E-state index in [1.54, 1.807) is 12.4 Å². The van der Waals surface area contributed by atoms with Crippen molar-refractivity contribution in [1.82, 2.24) is 4.98 Å². The molecule has 0 saturated carbocycles. The fourth-order valence-corrected chi connectivity index (χ4v) is 2.23. The second-order valence-electron chi connectivity index (χ2n) is 3.79. The van der Waals surface area contributed by atoms with Gasteiger partial charge in [-0.3, -0.25) is 4.98 Å². The highest BCUT2D eigenvalue weighted by molar-refractivity contribution is 6.36. The number of nitrogens with zero attached hydrogens (tertiary/aromatic N) is 1. The van der Waals surface area contributed by atoms with E-state index in [1.165, 1.54) is 0 Å². The summed E-state index contributed by atoms with van der Waals surface area (Å²) in [6.07, 6.45) is 4.06. The molecule has 88 valence electrons. The molecule has 2 rings (SSSR count). The van der Waals surface area contributed by atoms with Gasteiger partial charge in [-0.2, -0.15) is 0 Å². The molecular formula is C13H12Cl2N2. The summed E-state index contributed by atoms with van der Waals surface area (Å²) in [7, 11) is 0. The first-order valence-electron chi connectivity index (χ1n) is 5.27. The molecule has 1 heterocycles. The maximum atomic E-state index is 6.12. The van der Waals surface area contributed by atoms with Crippen molar-refractivity contribution in [1.29, 1.82) is 0 Å². The minimum atomic E-state index is -0.129. The van der Waals surface area contributed by atoms with Crippen LogP contribution in [0.15, 0.2) is 42.7 Å². The number of benzene rings is 1. The molecule has 2 aromatic rings. The molecule has 0 bridgehead atoms. The number of aromatic nitrogens is 1. The first kappa shape index (κ1) is 12.4. The van der Waals surface area contributed by atoms with Crippen LogP contribution in [0.3, 0.4) is 0 Å². The van der Waals surface area contributed by atoms with Crippen LogP contribution in [0.25, 0.3) is 0 Å². The largest absolute Gasteiger partial charge is 0.324 e. The molecular weight excluding hydrogens is 255 g/mol. The van der Waals surface area contributed by atoms with Crippen LogP contribution in [-0.4, -0.2) is 4.98 Å². The van der Waals surface area contributed by atoms with Crippen LogP contribution in [0.2, 0.25) is 10.0 Å². The third-order valence-corrected chi connectivity index (χ3v) is 3.33. The normalized spacial score (nSPS) is 12.4. The van der Waals surface area contributed by atoms with Gasteiger partial charge in [-0.25, -0.2) is 0 Å². The Morgan fingerprint density at radius 2 is 1.65 bits per heavy atom. The molecule has 0 amide bonds. The van der Waals surface area contributed by atoms with Crippen LogP contribution in [0.4, 0.5) is 0 Å². The van der Waals surface area contributed by atoms with Gasteiger partial charge in [0, 0.05) is 28.5 Å². The van der Waals surface area contributed by atoms with Gasteiger partial charge in [-0.1, -0.05) is 29.3 Å². The molecule has 4 heteroatoms. The standard InChI is InChI=1S/C13H12Cl2N2/c14-11-2-1-3-12(15)10(11)8-13(16)9-4-6-17-7-5-9/h1-7,13H,8,16H2. The van der Waals surface area contributed by atoms with Gasteiger partial charge < -0.3 is 5.73 Å². The zero-order chi connectivity index (χ0) is 12.3. The number of pyridine rings is 1. The highest BCUT2D eigenvalue weighted by Crippen LogP contribution is 2.28. The van der Waals surface area contributed by atoms with E-state index in [9.17, 15) is 0 Å². The Balaban J connectivity index is 2.22. The lowest BCUT2D eigenvalue weighted by Gasteiger charge is -2.14. The second kappa shape index (κ2) is 5.50. The molecule has 1 aromatic heterocycles. The number of rotatable bonds is 3. The Labute approximate surface area is 110 Å². The Bertz CT molecular complexity index is 480. The molecule has 17 heavy (non-hydrogen) atoms. The number of hydrogen-bond acceptors (Lipinski definition) is 2. The lowest BCUT2D eigenvalue weighted by Crippen LogP contribution is -2.13. The van der Waals surface area contributed by atoms with Crippen molar-refractivity contribution in [2.24, 2.45) is 5.73 Å². The van der Waals surface area contributed by atoms with Gasteiger partial charge in [-0.15, -0.1) is 0 Å². The van der Waals surface area contributed by atoms with Gasteiger partial charge in [0.05, 0.1) is 0 Å². The van der Waals surface area contributed by atoms with Gasteiger partial charge in [0.2, 0.25) is 0 Å². The van der Waals surface area contributed by atoms with Crippen LogP contribution in [0.1, 0.15) is 17.2 Å². The topological polar surface area (TPSA) is 38.9 Å². The summed E-state index contributed by atoms with van der Waals surface area (Å²) in [6.45, 7) is 0. The smallest absolute Gasteiger partial charge is 0.0453 e. The van der Waals surface area contributed by atoms with E-state index in [1.807, 2.05) is 30.3 Å². The average molecular weight is 267 g/mol. The summed E-state index contributed by atoms with van der Waals surface area (Å²) >= 11 is 12.2. The Morgan fingerprint density at radius 3 is 2.24 bits per heavy atom. The third kappa shape index (κ3) is 2.97. The van der Waals surface area contributed by atoms with E-state index < -0.39 is 0 Å². The van der Waals surface area contributed by atoms with Gasteiger partial charge in [0.15, 0.2) is 0 Å². The molecule has 0 spiro atoms. The molecule has 1 unspecified atom stereocenters. The van der Waals surface area contributed by atoms with Crippen LogP contribution in [0.5, 0.6) is 0 Å². The van der Waals surface area contributed by atoms with Gasteiger partial charge in [0.25, 0.3) is 0 Å². The summed E-state index contributed by atoms with van der Waals surface area (Å²) in [5, 5.41) is 1.31. The molecule has 2 N–H and O–H groups in total. The Kier molecular flexibility index (Phi) is 4.00. The van der Waals surface area contributed by atoms with Crippen LogP contribution in [-0.2, 0) is 6.42 Å². The maximum absolute atomic E-state index is 6.12. The Morgan fingerprint density at radius 1 is 1.06 bits per heavy atom. The van der Waals surface area contributed by atoms with Crippen molar-refractivity contribution in [2.75, 3.05) is 0 Å². The fourth-order valence-electron chi connectivity index (χ4n) is 1.68. The van der Waals surface area contributed by atoms with Gasteiger partial charge in [-0.05, 0) is 41.8 Å². The van der Waals surface area contributed by atoms with E-state index in [0.29, 0.717) is 16.5 Å². The first-order valence-corrected chi connectivity index (χ1v) is 6.02. The lowest BCUT2D eigenvalue weighted by molar-refractivity contribution is 0.721. The van der Waals surface area contributed by atoms with Crippen molar-refractivity contribution in [3.05, 3.63) is 63.9 Å². The molecule has 1 atom stereocenters. The fraction of sp³-hybridized carbons (Fsp3) is 0.154. The molecule has 2 nitrogen and oxygen atoms in total.